The minimum atomic E-state index is -0.511. The predicted octanol–water partition coefficient (Wildman–Crippen LogP) is 5.03. The predicted molar refractivity (Wildman–Crippen MR) is 130 cm³/mol. The molecule has 3 aromatic rings. The first-order valence-electron chi connectivity index (χ1n) is 12.1. The summed E-state index contributed by atoms with van der Waals surface area (Å²) in [6, 6.07) is 18.1. The molecule has 2 saturated heterocycles. The number of carbonyl (C=O) groups excluding carboxylic acids is 1. The van der Waals surface area contributed by atoms with Gasteiger partial charge in [0, 0.05) is 38.4 Å². The van der Waals surface area contributed by atoms with Gasteiger partial charge in [0.25, 0.3) is 0 Å². The summed E-state index contributed by atoms with van der Waals surface area (Å²) in [7, 11) is 0. The zero-order chi connectivity index (χ0) is 23.4. The minimum absolute atomic E-state index is 0.138. The molecule has 0 spiro atoms. The maximum absolute atomic E-state index is 14.0. The van der Waals surface area contributed by atoms with Crippen LogP contribution in [0.25, 0.3) is 0 Å². The molecule has 0 aliphatic carbocycles. The van der Waals surface area contributed by atoms with E-state index >= 15 is 0 Å². The number of amides is 1. The molecule has 2 aromatic carbocycles. The molecule has 34 heavy (non-hydrogen) atoms. The number of hydrogen-bond acceptors (Lipinski definition) is 5. The molecule has 0 saturated carbocycles. The fraction of sp³-hybridized carbons (Fsp3) is 0.393. The molecular formula is C28H31N3O3. The van der Waals surface area contributed by atoms with Crippen LogP contribution < -0.4 is 4.74 Å². The maximum Gasteiger partial charge on any atom is 0.238 e. The van der Waals surface area contributed by atoms with E-state index in [0.717, 1.165) is 54.8 Å². The molecule has 6 nitrogen and oxygen atoms in total. The monoisotopic (exact) mass is 457 g/mol. The van der Waals surface area contributed by atoms with Gasteiger partial charge in [-0.25, -0.2) is 4.98 Å². The van der Waals surface area contributed by atoms with E-state index in [4.69, 9.17) is 14.5 Å². The Kier molecular flexibility index (Phi) is 6.59. The van der Waals surface area contributed by atoms with Crippen LogP contribution in [0.2, 0.25) is 0 Å². The van der Waals surface area contributed by atoms with Gasteiger partial charge in [0.1, 0.15) is 5.75 Å². The number of nitrogens with zero attached hydrogens (tertiary/aromatic N) is 3. The number of carbonyl (C=O) groups is 1. The molecule has 1 aromatic heterocycles. The van der Waals surface area contributed by atoms with Gasteiger partial charge < -0.3 is 14.4 Å². The van der Waals surface area contributed by atoms with Gasteiger partial charge in [0.05, 0.1) is 17.3 Å². The Bertz CT molecular complexity index is 1130. The van der Waals surface area contributed by atoms with E-state index in [1.165, 1.54) is 0 Å². The number of piperidine rings is 1. The van der Waals surface area contributed by atoms with Crippen LogP contribution in [0.1, 0.15) is 48.4 Å². The third-order valence-corrected chi connectivity index (χ3v) is 7.05. The Balaban J connectivity index is 1.35. The summed E-state index contributed by atoms with van der Waals surface area (Å²) in [6.07, 6.45) is 6.82. The zero-order valence-electron chi connectivity index (χ0n) is 19.7. The van der Waals surface area contributed by atoms with Crippen molar-refractivity contribution in [3.8, 4) is 11.6 Å². The normalized spacial score (nSPS) is 20.0. The second-order valence-electron chi connectivity index (χ2n) is 9.35. The van der Waals surface area contributed by atoms with E-state index in [1.54, 1.807) is 6.20 Å². The summed E-state index contributed by atoms with van der Waals surface area (Å²) >= 11 is 0. The third-order valence-electron chi connectivity index (χ3n) is 7.05. The molecular weight excluding hydrogens is 426 g/mol. The van der Waals surface area contributed by atoms with E-state index in [0.29, 0.717) is 25.6 Å². The number of rotatable bonds is 5. The van der Waals surface area contributed by atoms with Crippen LogP contribution in [0.3, 0.4) is 0 Å². The van der Waals surface area contributed by atoms with Crippen LogP contribution in [0.4, 0.5) is 0 Å². The van der Waals surface area contributed by atoms with Gasteiger partial charge in [-0.3, -0.25) is 9.78 Å². The molecule has 2 aliphatic rings. The van der Waals surface area contributed by atoms with E-state index in [1.807, 2.05) is 60.5 Å². The molecule has 0 bridgehead atoms. The number of ether oxygens (including phenoxy) is 2. The quantitative estimate of drug-likeness (QED) is 0.538. The molecule has 1 atom stereocenters. The SMILES string of the molecule is Cc1cccc(Oc2cncc([C@H]3CCCN(C(=O)C4(c5ccccc5)CCOCC4)C3)n2)c1. The van der Waals surface area contributed by atoms with Crippen molar-refractivity contribution < 1.29 is 14.3 Å². The number of benzene rings is 2. The Morgan fingerprint density at radius 2 is 1.91 bits per heavy atom. The fourth-order valence-electron chi connectivity index (χ4n) is 5.22. The summed E-state index contributed by atoms with van der Waals surface area (Å²) < 4.78 is 11.6. The lowest BCUT2D eigenvalue weighted by Crippen LogP contribution is -2.52. The van der Waals surface area contributed by atoms with Crippen LogP contribution in [0.15, 0.2) is 67.0 Å². The smallest absolute Gasteiger partial charge is 0.238 e. The molecule has 1 amide bonds. The highest BCUT2D eigenvalue weighted by atomic mass is 16.5. The van der Waals surface area contributed by atoms with Crippen molar-refractivity contribution in [3.63, 3.8) is 0 Å². The lowest BCUT2D eigenvalue weighted by molar-refractivity contribution is -0.142. The molecule has 2 aliphatic heterocycles. The average Bonchev–Trinajstić information content (AvgIpc) is 2.89. The summed E-state index contributed by atoms with van der Waals surface area (Å²) in [5.41, 5.74) is 2.59. The number of hydrogen-bond donors (Lipinski definition) is 0. The third kappa shape index (κ3) is 4.68. The van der Waals surface area contributed by atoms with Crippen molar-refractivity contribution in [3.05, 3.63) is 83.8 Å². The first-order valence-corrected chi connectivity index (χ1v) is 12.1. The van der Waals surface area contributed by atoms with Gasteiger partial charge in [-0.05, 0) is 55.9 Å². The van der Waals surface area contributed by atoms with Crippen molar-refractivity contribution >= 4 is 5.91 Å². The molecule has 2 fully saturated rings. The van der Waals surface area contributed by atoms with Crippen molar-refractivity contribution in [2.45, 2.75) is 43.9 Å². The summed E-state index contributed by atoms with van der Waals surface area (Å²) in [6.45, 7) is 4.68. The largest absolute Gasteiger partial charge is 0.437 e. The standard InChI is InChI=1S/C28H31N3O3/c1-21-7-5-11-24(17-21)34-26-19-29-18-25(30-26)22-8-6-14-31(20-22)27(32)28(12-15-33-16-13-28)23-9-3-2-4-10-23/h2-5,7,9-11,17-19,22H,6,8,12-16,20H2,1H3/t22-/m0/s1. The topological polar surface area (TPSA) is 64.5 Å². The fourth-order valence-corrected chi connectivity index (χ4v) is 5.22. The molecule has 5 rings (SSSR count). The second kappa shape index (κ2) is 9.94. The Labute approximate surface area is 201 Å². The molecule has 6 heteroatoms. The van der Waals surface area contributed by atoms with Gasteiger partial charge in [-0.1, -0.05) is 42.5 Å². The van der Waals surface area contributed by atoms with Crippen molar-refractivity contribution in [2.24, 2.45) is 0 Å². The Morgan fingerprint density at radius 1 is 1.09 bits per heavy atom. The molecule has 0 N–H and O–H groups in total. The van der Waals surface area contributed by atoms with Crippen LogP contribution in [0, 0.1) is 6.92 Å². The second-order valence-corrected chi connectivity index (χ2v) is 9.35. The van der Waals surface area contributed by atoms with E-state index < -0.39 is 5.41 Å². The van der Waals surface area contributed by atoms with Crippen LogP contribution >= 0.6 is 0 Å². The number of aromatic nitrogens is 2. The molecule has 176 valence electrons. The van der Waals surface area contributed by atoms with Gasteiger partial charge in [0.2, 0.25) is 11.8 Å². The summed E-state index contributed by atoms with van der Waals surface area (Å²) in [5.74, 6) is 1.58. The summed E-state index contributed by atoms with van der Waals surface area (Å²) in [4.78, 5) is 25.2. The van der Waals surface area contributed by atoms with Crippen LogP contribution in [-0.4, -0.2) is 47.1 Å². The van der Waals surface area contributed by atoms with E-state index in [-0.39, 0.29) is 11.8 Å². The maximum atomic E-state index is 14.0. The van der Waals surface area contributed by atoms with Crippen LogP contribution in [-0.2, 0) is 14.9 Å². The molecule has 0 radical (unpaired) electrons. The molecule has 3 heterocycles. The highest BCUT2D eigenvalue weighted by molar-refractivity contribution is 5.88. The van der Waals surface area contributed by atoms with Gasteiger partial charge >= 0.3 is 0 Å². The van der Waals surface area contributed by atoms with Crippen molar-refractivity contribution in [2.75, 3.05) is 26.3 Å². The van der Waals surface area contributed by atoms with Gasteiger partial charge in [-0.15, -0.1) is 0 Å². The first kappa shape index (κ1) is 22.5. The lowest BCUT2D eigenvalue weighted by atomic mass is 9.72. The van der Waals surface area contributed by atoms with Crippen molar-refractivity contribution in [1.82, 2.24) is 14.9 Å². The average molecular weight is 458 g/mol. The van der Waals surface area contributed by atoms with Gasteiger partial charge in [-0.2, -0.15) is 0 Å². The highest BCUT2D eigenvalue weighted by Gasteiger charge is 2.45. The van der Waals surface area contributed by atoms with Gasteiger partial charge in [0.15, 0.2) is 0 Å². The van der Waals surface area contributed by atoms with Crippen molar-refractivity contribution in [1.29, 1.82) is 0 Å². The van der Waals surface area contributed by atoms with Crippen LogP contribution in [0.5, 0.6) is 11.6 Å². The summed E-state index contributed by atoms with van der Waals surface area (Å²) in [5, 5.41) is 0. The lowest BCUT2D eigenvalue weighted by Gasteiger charge is -2.42. The number of aryl methyl sites for hydroxylation is 1. The highest BCUT2D eigenvalue weighted by Crippen LogP contribution is 2.38. The first-order chi connectivity index (χ1) is 16.6. The van der Waals surface area contributed by atoms with E-state index in [9.17, 15) is 4.79 Å². The zero-order valence-corrected chi connectivity index (χ0v) is 19.7. The minimum Gasteiger partial charge on any atom is -0.437 e. The Hall–Kier alpha value is -3.25. The Morgan fingerprint density at radius 3 is 2.71 bits per heavy atom. The van der Waals surface area contributed by atoms with E-state index in [2.05, 4.69) is 17.1 Å². The number of likely N-dealkylation sites (tertiary alicyclic amines) is 1. The molecule has 0 unspecified atom stereocenters.